The minimum absolute atomic E-state index is 0.0901. The molecule has 1 aliphatic rings. The van der Waals surface area contributed by atoms with Gasteiger partial charge in [-0.25, -0.2) is 13.9 Å². The van der Waals surface area contributed by atoms with Crippen molar-refractivity contribution in [3.8, 4) is 11.3 Å². The molecule has 4 rings (SSSR count). The second kappa shape index (κ2) is 11.1. The maximum Gasteiger partial charge on any atom is 0.313 e. The van der Waals surface area contributed by atoms with Gasteiger partial charge in [-0.05, 0) is 56.9 Å². The number of carboxylic acids is 1. The average Bonchev–Trinajstić information content (AvgIpc) is 3.55. The molecule has 9 nitrogen and oxygen atoms in total. The van der Waals surface area contributed by atoms with Crippen molar-refractivity contribution in [2.75, 3.05) is 31.1 Å². The summed E-state index contributed by atoms with van der Waals surface area (Å²) in [5.41, 5.74) is 1.61. The molecule has 3 aromatic rings. The van der Waals surface area contributed by atoms with Gasteiger partial charge in [0.25, 0.3) is 5.91 Å². The summed E-state index contributed by atoms with van der Waals surface area (Å²) >= 11 is 0. The molecule has 204 valence electrons. The number of benzene rings is 1. The SMILES string of the molecule is CCCN(C(=O)c1cc(CC)n2nc(-c3ccc(N4CCC(CO)(C(=O)O)C4)cc3F)cc2n1)[C@H](C)CC. The molecule has 1 fully saturated rings. The number of aryl methyl sites for hydroxylation is 1. The summed E-state index contributed by atoms with van der Waals surface area (Å²) in [6.07, 6.45) is 2.59. The van der Waals surface area contributed by atoms with Crippen molar-refractivity contribution < 1.29 is 24.2 Å². The second-order valence-electron chi connectivity index (χ2n) is 10.1. The van der Waals surface area contributed by atoms with Gasteiger partial charge in [-0.1, -0.05) is 20.8 Å². The number of hydrogen-bond acceptors (Lipinski definition) is 6. The van der Waals surface area contributed by atoms with Crippen molar-refractivity contribution in [2.24, 2.45) is 5.41 Å². The van der Waals surface area contributed by atoms with E-state index in [0.29, 0.717) is 42.2 Å². The Labute approximate surface area is 221 Å². The van der Waals surface area contributed by atoms with Gasteiger partial charge < -0.3 is 20.0 Å². The van der Waals surface area contributed by atoms with Gasteiger partial charge in [0, 0.05) is 48.7 Å². The van der Waals surface area contributed by atoms with Crippen LogP contribution in [0.3, 0.4) is 0 Å². The van der Waals surface area contributed by atoms with Crippen LogP contribution < -0.4 is 4.90 Å². The Morgan fingerprint density at radius 1 is 1.21 bits per heavy atom. The summed E-state index contributed by atoms with van der Waals surface area (Å²) < 4.78 is 17.0. The van der Waals surface area contributed by atoms with E-state index in [1.54, 1.807) is 33.7 Å². The second-order valence-corrected chi connectivity index (χ2v) is 10.1. The number of halogens is 1. The molecule has 0 spiro atoms. The number of aliphatic hydroxyl groups is 1. The van der Waals surface area contributed by atoms with Crippen molar-refractivity contribution in [2.45, 2.75) is 59.4 Å². The first-order valence-electron chi connectivity index (χ1n) is 13.3. The topological polar surface area (TPSA) is 111 Å². The standard InChI is InChI=1S/C28H36FN5O4/c1-5-11-33(18(4)6-2)26(36)24-14-19(7-3)34-25(30-24)15-23(31-34)21-9-8-20(13-22(21)29)32-12-10-28(16-32,17-35)27(37)38/h8-9,13-15,18,35H,5-7,10-12,16-17H2,1-4H3,(H,37,38)/t18-,28?/m1/s1. The summed E-state index contributed by atoms with van der Waals surface area (Å²) in [5.74, 6) is -1.67. The van der Waals surface area contributed by atoms with Crippen LogP contribution in [0.25, 0.3) is 16.9 Å². The maximum absolute atomic E-state index is 15.3. The number of amides is 1. The number of aliphatic hydroxyl groups excluding tert-OH is 1. The number of carbonyl (C=O) groups is 2. The van der Waals surface area contributed by atoms with Gasteiger partial charge in [0.1, 0.15) is 16.9 Å². The molecule has 1 aromatic carbocycles. The van der Waals surface area contributed by atoms with E-state index in [2.05, 4.69) is 17.0 Å². The molecule has 2 atom stereocenters. The largest absolute Gasteiger partial charge is 0.481 e. The van der Waals surface area contributed by atoms with Crippen LogP contribution in [0, 0.1) is 11.2 Å². The number of carbonyl (C=O) groups excluding carboxylic acids is 1. The first kappa shape index (κ1) is 27.5. The van der Waals surface area contributed by atoms with Crippen molar-refractivity contribution in [3.05, 3.63) is 47.5 Å². The zero-order valence-corrected chi connectivity index (χ0v) is 22.4. The van der Waals surface area contributed by atoms with E-state index < -0.39 is 23.8 Å². The van der Waals surface area contributed by atoms with Crippen molar-refractivity contribution in [1.82, 2.24) is 19.5 Å². The van der Waals surface area contributed by atoms with E-state index in [0.717, 1.165) is 18.5 Å². The fourth-order valence-electron chi connectivity index (χ4n) is 5.03. The van der Waals surface area contributed by atoms with Gasteiger partial charge in [-0.15, -0.1) is 0 Å². The predicted octanol–water partition coefficient (Wildman–Crippen LogP) is 4.02. The van der Waals surface area contributed by atoms with Crippen LogP contribution in [-0.2, 0) is 11.2 Å². The molecule has 2 aromatic heterocycles. The minimum Gasteiger partial charge on any atom is -0.481 e. The summed E-state index contributed by atoms with van der Waals surface area (Å²) in [7, 11) is 0. The Balaban J connectivity index is 1.66. The zero-order valence-electron chi connectivity index (χ0n) is 22.4. The molecule has 3 heterocycles. The van der Waals surface area contributed by atoms with E-state index in [1.165, 1.54) is 6.07 Å². The molecule has 0 aliphatic carbocycles. The third-order valence-corrected chi connectivity index (χ3v) is 7.63. The van der Waals surface area contributed by atoms with Crippen LogP contribution in [0.15, 0.2) is 30.3 Å². The molecule has 0 radical (unpaired) electrons. The monoisotopic (exact) mass is 525 g/mol. The van der Waals surface area contributed by atoms with Crippen LogP contribution in [0.2, 0.25) is 0 Å². The molecule has 1 amide bonds. The van der Waals surface area contributed by atoms with Crippen LogP contribution in [0.1, 0.15) is 63.1 Å². The highest BCUT2D eigenvalue weighted by molar-refractivity contribution is 5.93. The Hall–Kier alpha value is -3.53. The number of anilines is 1. The van der Waals surface area contributed by atoms with Crippen LogP contribution in [0.5, 0.6) is 0 Å². The third-order valence-electron chi connectivity index (χ3n) is 7.63. The highest BCUT2D eigenvalue weighted by atomic mass is 19.1. The van der Waals surface area contributed by atoms with Gasteiger partial charge in [0.2, 0.25) is 0 Å². The number of aromatic nitrogens is 3. The maximum atomic E-state index is 15.3. The molecule has 0 saturated carbocycles. The highest BCUT2D eigenvalue weighted by Gasteiger charge is 2.44. The summed E-state index contributed by atoms with van der Waals surface area (Å²) in [6.45, 7) is 8.79. The van der Waals surface area contributed by atoms with E-state index in [-0.39, 0.29) is 30.5 Å². The van der Waals surface area contributed by atoms with Gasteiger partial charge in [0.05, 0.1) is 12.3 Å². The fourth-order valence-corrected chi connectivity index (χ4v) is 5.03. The lowest BCUT2D eigenvalue weighted by Crippen LogP contribution is -2.39. The van der Waals surface area contributed by atoms with Gasteiger partial charge in [0.15, 0.2) is 5.65 Å². The van der Waals surface area contributed by atoms with Crippen molar-refractivity contribution in [3.63, 3.8) is 0 Å². The number of fused-ring (bicyclic) bond motifs is 1. The Bertz CT molecular complexity index is 1340. The lowest BCUT2D eigenvalue weighted by Gasteiger charge is -2.28. The predicted molar refractivity (Wildman–Crippen MR) is 143 cm³/mol. The van der Waals surface area contributed by atoms with Crippen LogP contribution in [0.4, 0.5) is 10.1 Å². The lowest BCUT2D eigenvalue weighted by molar-refractivity contribution is -0.149. The molecular formula is C28H36FN5O4. The highest BCUT2D eigenvalue weighted by Crippen LogP contribution is 2.35. The number of hydrogen-bond donors (Lipinski definition) is 2. The van der Waals surface area contributed by atoms with E-state index >= 15 is 4.39 Å². The normalized spacial score (nSPS) is 18.2. The fraction of sp³-hybridized carbons (Fsp3) is 0.500. The smallest absolute Gasteiger partial charge is 0.313 e. The summed E-state index contributed by atoms with van der Waals surface area (Å²) in [4.78, 5) is 33.2. The number of nitrogens with zero attached hydrogens (tertiary/aromatic N) is 5. The average molecular weight is 526 g/mol. The zero-order chi connectivity index (χ0) is 27.6. The molecular weight excluding hydrogens is 489 g/mol. The van der Waals surface area contributed by atoms with Crippen LogP contribution in [-0.4, -0.2) is 73.9 Å². The molecule has 0 bridgehead atoms. The number of rotatable bonds is 10. The summed E-state index contributed by atoms with van der Waals surface area (Å²) in [5, 5.41) is 23.8. The quantitative estimate of drug-likeness (QED) is 0.411. The summed E-state index contributed by atoms with van der Waals surface area (Å²) in [6, 6.07) is 8.25. The Morgan fingerprint density at radius 3 is 2.55 bits per heavy atom. The molecule has 38 heavy (non-hydrogen) atoms. The first-order chi connectivity index (χ1) is 18.2. The molecule has 1 aliphatic heterocycles. The van der Waals surface area contributed by atoms with E-state index in [9.17, 15) is 19.8 Å². The van der Waals surface area contributed by atoms with E-state index in [4.69, 9.17) is 0 Å². The van der Waals surface area contributed by atoms with Crippen molar-refractivity contribution >= 4 is 23.2 Å². The van der Waals surface area contributed by atoms with Gasteiger partial charge in [-0.2, -0.15) is 5.10 Å². The van der Waals surface area contributed by atoms with Crippen molar-refractivity contribution in [1.29, 1.82) is 0 Å². The van der Waals surface area contributed by atoms with Gasteiger partial charge in [-0.3, -0.25) is 9.59 Å². The Morgan fingerprint density at radius 2 is 1.97 bits per heavy atom. The van der Waals surface area contributed by atoms with Gasteiger partial charge >= 0.3 is 5.97 Å². The molecule has 1 unspecified atom stereocenters. The lowest BCUT2D eigenvalue weighted by atomic mass is 9.88. The number of aliphatic carboxylic acids is 1. The first-order valence-corrected chi connectivity index (χ1v) is 13.3. The molecule has 2 N–H and O–H groups in total. The van der Waals surface area contributed by atoms with Crippen LogP contribution >= 0.6 is 0 Å². The minimum atomic E-state index is -1.24. The third kappa shape index (κ3) is 4.97. The molecule has 10 heteroatoms. The van der Waals surface area contributed by atoms with E-state index in [1.807, 2.05) is 25.7 Å². The Kier molecular flexibility index (Phi) is 8.01. The molecule has 1 saturated heterocycles. The number of carboxylic acid groups (broad SMARTS) is 1.